The number of alkyl halides is 3. The molecular weight excluding hydrogens is 401 g/mol. The van der Waals surface area contributed by atoms with Gasteiger partial charge < -0.3 is 10.6 Å². The summed E-state index contributed by atoms with van der Waals surface area (Å²) in [6.07, 6.45) is -3.38. The van der Waals surface area contributed by atoms with Gasteiger partial charge in [0, 0.05) is 60.6 Å². The van der Waals surface area contributed by atoms with Crippen molar-refractivity contribution in [3.05, 3.63) is 35.4 Å². The largest absolute Gasteiger partial charge is 0.416 e. The van der Waals surface area contributed by atoms with Gasteiger partial charge in [-0.2, -0.15) is 13.2 Å². The van der Waals surface area contributed by atoms with Crippen molar-refractivity contribution in [1.29, 1.82) is 0 Å². The van der Waals surface area contributed by atoms with Gasteiger partial charge >= 0.3 is 6.18 Å². The molecule has 164 valence electrons. The van der Waals surface area contributed by atoms with Gasteiger partial charge in [0.05, 0.1) is 5.56 Å². The summed E-state index contributed by atoms with van der Waals surface area (Å²) in [6.45, 7) is 8.72. The first-order valence-electron chi connectivity index (χ1n) is 9.73. The number of nitrogens with zero attached hydrogens (tertiary/aromatic N) is 2. The molecule has 0 radical (unpaired) electrons. The van der Waals surface area contributed by atoms with Crippen LogP contribution in [0.2, 0.25) is 0 Å². The number of hydrogen-bond acceptors (Lipinski definition) is 3. The summed E-state index contributed by atoms with van der Waals surface area (Å²) in [7, 11) is 0.780. The molecule has 0 aromatic heterocycles. The average molecular weight is 433 g/mol. The van der Waals surface area contributed by atoms with E-state index in [1.165, 1.54) is 0 Å². The van der Waals surface area contributed by atoms with Crippen LogP contribution >= 0.6 is 0 Å². The minimum Gasteiger partial charge on any atom is -0.355 e. The molecule has 1 fully saturated rings. The first-order valence-corrected chi connectivity index (χ1v) is 11.0. The maximum absolute atomic E-state index is 12.7. The van der Waals surface area contributed by atoms with Crippen LogP contribution in [-0.2, 0) is 23.5 Å². The molecular formula is C20H31F3N4OS. The van der Waals surface area contributed by atoms with E-state index in [0.717, 1.165) is 37.2 Å². The van der Waals surface area contributed by atoms with Crippen LogP contribution in [0.25, 0.3) is 0 Å². The SMILES string of the molecule is CN=C(NCCS(=O)C(C)(C)C)NC1CCN(Cc2ccc(C(F)(F)F)cc2)C1. The van der Waals surface area contributed by atoms with Crippen LogP contribution in [0, 0.1) is 0 Å². The molecule has 9 heteroatoms. The Morgan fingerprint density at radius 1 is 1.24 bits per heavy atom. The van der Waals surface area contributed by atoms with Crippen LogP contribution in [0.4, 0.5) is 13.2 Å². The van der Waals surface area contributed by atoms with Gasteiger partial charge in [0.15, 0.2) is 5.96 Å². The molecule has 0 saturated carbocycles. The lowest BCUT2D eigenvalue weighted by atomic mass is 10.1. The summed E-state index contributed by atoms with van der Waals surface area (Å²) in [5, 5.41) is 6.58. The van der Waals surface area contributed by atoms with Gasteiger partial charge in [0.1, 0.15) is 0 Å². The van der Waals surface area contributed by atoms with Gasteiger partial charge in [0.25, 0.3) is 0 Å². The highest BCUT2D eigenvalue weighted by atomic mass is 32.2. The minimum absolute atomic E-state index is 0.212. The van der Waals surface area contributed by atoms with E-state index in [9.17, 15) is 17.4 Å². The number of benzene rings is 1. The Morgan fingerprint density at radius 3 is 2.45 bits per heavy atom. The summed E-state index contributed by atoms with van der Waals surface area (Å²) < 4.78 is 49.9. The summed E-state index contributed by atoms with van der Waals surface area (Å²) >= 11 is 0. The quantitative estimate of drug-likeness (QED) is 0.536. The minimum atomic E-state index is -4.30. The number of rotatable bonds is 6. The van der Waals surface area contributed by atoms with E-state index < -0.39 is 22.5 Å². The second kappa shape index (κ2) is 9.93. The van der Waals surface area contributed by atoms with Crippen molar-refractivity contribution in [2.45, 2.75) is 50.7 Å². The van der Waals surface area contributed by atoms with Gasteiger partial charge in [-0.15, -0.1) is 0 Å². The molecule has 2 rings (SSSR count). The first-order chi connectivity index (χ1) is 13.5. The standard InChI is InChI=1S/C20H31F3N4OS/c1-19(2,3)29(28)12-10-25-18(24-4)26-17-9-11-27(14-17)13-15-5-7-16(8-6-15)20(21,22)23/h5-8,17H,9-14H2,1-4H3,(H2,24,25,26). The van der Waals surface area contributed by atoms with Crippen LogP contribution in [0.1, 0.15) is 38.3 Å². The highest BCUT2D eigenvalue weighted by Gasteiger charge is 2.30. The number of halogens is 3. The zero-order valence-electron chi connectivity index (χ0n) is 17.5. The monoisotopic (exact) mass is 432 g/mol. The normalized spacial score (nSPS) is 20.0. The fraction of sp³-hybridized carbons (Fsp3) is 0.650. The van der Waals surface area contributed by atoms with Crippen LogP contribution < -0.4 is 10.6 Å². The van der Waals surface area contributed by atoms with Gasteiger partial charge in [-0.25, -0.2) is 0 Å². The van der Waals surface area contributed by atoms with Gasteiger partial charge in [-0.05, 0) is 44.9 Å². The van der Waals surface area contributed by atoms with Crippen LogP contribution in [0.5, 0.6) is 0 Å². The van der Waals surface area contributed by atoms with Crippen LogP contribution in [0.15, 0.2) is 29.3 Å². The Hall–Kier alpha value is -1.61. The number of aliphatic imine (C=N–C) groups is 1. The molecule has 5 nitrogen and oxygen atoms in total. The molecule has 0 bridgehead atoms. The first kappa shape index (κ1) is 23.7. The van der Waals surface area contributed by atoms with Crippen LogP contribution in [-0.4, -0.2) is 58.3 Å². The van der Waals surface area contributed by atoms with E-state index in [2.05, 4.69) is 20.5 Å². The zero-order valence-corrected chi connectivity index (χ0v) is 18.3. The fourth-order valence-corrected chi connectivity index (χ4v) is 4.01. The Morgan fingerprint density at radius 2 is 1.90 bits per heavy atom. The van der Waals surface area contributed by atoms with Crippen molar-refractivity contribution in [3.63, 3.8) is 0 Å². The molecule has 2 unspecified atom stereocenters. The molecule has 1 aromatic carbocycles. The molecule has 0 aliphatic carbocycles. The summed E-state index contributed by atoms with van der Waals surface area (Å²) in [6, 6.07) is 5.56. The summed E-state index contributed by atoms with van der Waals surface area (Å²) in [5.41, 5.74) is 0.246. The number of hydrogen-bond donors (Lipinski definition) is 2. The Bertz CT molecular complexity index is 714. The van der Waals surface area contributed by atoms with Crippen molar-refractivity contribution in [2.75, 3.05) is 32.4 Å². The summed E-state index contributed by atoms with van der Waals surface area (Å²) in [4.78, 5) is 6.43. The van der Waals surface area contributed by atoms with Crippen molar-refractivity contribution in [2.24, 2.45) is 4.99 Å². The maximum Gasteiger partial charge on any atom is 0.416 e. The Labute approximate surface area is 173 Å². The molecule has 29 heavy (non-hydrogen) atoms. The lowest BCUT2D eigenvalue weighted by molar-refractivity contribution is -0.137. The molecule has 1 aliphatic rings. The highest BCUT2D eigenvalue weighted by molar-refractivity contribution is 7.86. The van der Waals surface area contributed by atoms with Crippen molar-refractivity contribution >= 4 is 16.8 Å². The lowest BCUT2D eigenvalue weighted by Gasteiger charge is -2.20. The fourth-order valence-electron chi connectivity index (χ4n) is 3.11. The molecule has 1 aromatic rings. The van der Waals surface area contributed by atoms with Gasteiger partial charge in [-0.1, -0.05) is 12.1 Å². The number of likely N-dealkylation sites (tertiary alicyclic amines) is 1. The molecule has 2 atom stereocenters. The zero-order chi connectivity index (χ0) is 21.7. The summed E-state index contributed by atoms with van der Waals surface area (Å²) in [5.74, 6) is 1.23. The third-order valence-corrected chi connectivity index (χ3v) is 6.73. The van der Waals surface area contributed by atoms with Gasteiger partial charge in [-0.3, -0.25) is 14.1 Å². The second-order valence-corrected chi connectivity index (χ2v) is 10.5. The predicted molar refractivity (Wildman–Crippen MR) is 112 cm³/mol. The van der Waals surface area contributed by atoms with E-state index in [-0.39, 0.29) is 10.8 Å². The van der Waals surface area contributed by atoms with E-state index in [0.29, 0.717) is 24.8 Å². The van der Waals surface area contributed by atoms with Crippen molar-refractivity contribution in [3.8, 4) is 0 Å². The molecule has 0 spiro atoms. The Balaban J connectivity index is 1.77. The molecule has 1 aliphatic heterocycles. The molecule has 2 N–H and O–H groups in total. The lowest BCUT2D eigenvalue weighted by Crippen LogP contribution is -2.46. The van der Waals surface area contributed by atoms with E-state index in [4.69, 9.17) is 0 Å². The Kier molecular flexibility index (Phi) is 8.10. The van der Waals surface area contributed by atoms with Crippen molar-refractivity contribution < 1.29 is 17.4 Å². The average Bonchev–Trinajstić information content (AvgIpc) is 3.06. The molecule has 1 heterocycles. The predicted octanol–water partition coefficient (Wildman–Crippen LogP) is 2.99. The number of guanidine groups is 1. The van der Waals surface area contributed by atoms with Crippen molar-refractivity contribution in [1.82, 2.24) is 15.5 Å². The van der Waals surface area contributed by atoms with E-state index in [1.54, 1.807) is 19.2 Å². The van der Waals surface area contributed by atoms with Gasteiger partial charge in [0.2, 0.25) is 0 Å². The number of nitrogens with one attached hydrogen (secondary N) is 2. The maximum atomic E-state index is 12.7. The topological polar surface area (TPSA) is 56.7 Å². The third-order valence-electron chi connectivity index (χ3n) is 4.79. The smallest absolute Gasteiger partial charge is 0.355 e. The van der Waals surface area contributed by atoms with Crippen LogP contribution in [0.3, 0.4) is 0 Å². The third kappa shape index (κ3) is 7.62. The highest BCUT2D eigenvalue weighted by Crippen LogP contribution is 2.29. The van der Waals surface area contributed by atoms with E-state index in [1.807, 2.05) is 20.8 Å². The second-order valence-electron chi connectivity index (χ2n) is 8.22. The molecule has 0 amide bonds. The molecule has 1 saturated heterocycles. The van der Waals surface area contributed by atoms with E-state index >= 15 is 0 Å².